The molecule has 0 bridgehead atoms. The minimum absolute atomic E-state index is 0.0217. The molecule has 1 aromatic carbocycles. The van der Waals surface area contributed by atoms with Crippen molar-refractivity contribution in [2.24, 2.45) is 5.14 Å². The van der Waals surface area contributed by atoms with Crippen LogP contribution in [0.15, 0.2) is 23.1 Å². The normalized spacial score (nSPS) is 12.5. The summed E-state index contributed by atoms with van der Waals surface area (Å²) in [4.78, 5) is -0.589. The zero-order valence-electron chi connectivity index (χ0n) is 8.16. The maximum absolute atomic E-state index is 11.9. The molecule has 0 saturated carbocycles. The van der Waals surface area contributed by atoms with Gasteiger partial charge in [-0.05, 0) is 18.2 Å². The smallest absolute Gasteiger partial charge is 0.422 e. The van der Waals surface area contributed by atoms with Crippen molar-refractivity contribution in [2.45, 2.75) is 11.1 Å². The van der Waals surface area contributed by atoms with Crippen LogP contribution in [0, 0.1) is 0 Å². The molecule has 17 heavy (non-hydrogen) atoms. The van der Waals surface area contributed by atoms with E-state index in [-0.39, 0.29) is 5.02 Å². The average molecular weight is 290 g/mol. The van der Waals surface area contributed by atoms with Crippen molar-refractivity contribution in [1.82, 2.24) is 0 Å². The van der Waals surface area contributed by atoms with Gasteiger partial charge >= 0.3 is 6.18 Å². The third-order valence-electron chi connectivity index (χ3n) is 1.60. The number of halogens is 4. The van der Waals surface area contributed by atoms with Crippen molar-refractivity contribution >= 4 is 21.6 Å². The summed E-state index contributed by atoms with van der Waals surface area (Å²) in [5, 5.41) is 4.84. The maximum atomic E-state index is 11.9. The van der Waals surface area contributed by atoms with E-state index in [1.807, 2.05) is 0 Å². The topological polar surface area (TPSA) is 69.4 Å². The van der Waals surface area contributed by atoms with Crippen molar-refractivity contribution in [3.63, 3.8) is 0 Å². The summed E-state index contributed by atoms with van der Waals surface area (Å²) in [7, 11) is -4.20. The molecule has 0 saturated heterocycles. The Labute approximate surface area is 100 Å². The molecule has 0 aliphatic heterocycles. The number of alkyl halides is 3. The predicted octanol–water partition coefficient (Wildman–Crippen LogP) is 1.93. The Morgan fingerprint density at radius 2 is 1.94 bits per heavy atom. The average Bonchev–Trinajstić information content (AvgIpc) is 2.13. The minimum atomic E-state index is -4.57. The number of hydrogen-bond donors (Lipinski definition) is 1. The monoisotopic (exact) mass is 289 g/mol. The van der Waals surface area contributed by atoms with Crippen molar-refractivity contribution in [2.75, 3.05) is 6.61 Å². The summed E-state index contributed by atoms with van der Waals surface area (Å²) in [5.41, 5.74) is 0. The van der Waals surface area contributed by atoms with E-state index in [0.717, 1.165) is 12.1 Å². The Balaban J connectivity index is 3.08. The van der Waals surface area contributed by atoms with Crippen molar-refractivity contribution in [3.05, 3.63) is 23.2 Å². The van der Waals surface area contributed by atoms with E-state index in [1.165, 1.54) is 6.07 Å². The van der Waals surface area contributed by atoms with Gasteiger partial charge in [-0.25, -0.2) is 13.6 Å². The van der Waals surface area contributed by atoms with Crippen LogP contribution in [0.4, 0.5) is 13.2 Å². The van der Waals surface area contributed by atoms with Gasteiger partial charge in [0.25, 0.3) is 0 Å². The van der Waals surface area contributed by atoms with Gasteiger partial charge < -0.3 is 4.74 Å². The molecule has 96 valence electrons. The van der Waals surface area contributed by atoms with E-state index in [9.17, 15) is 21.6 Å². The fraction of sp³-hybridized carbons (Fsp3) is 0.250. The first kappa shape index (κ1) is 14.1. The van der Waals surface area contributed by atoms with Gasteiger partial charge in [-0.3, -0.25) is 0 Å². The summed E-state index contributed by atoms with van der Waals surface area (Å²) < 4.78 is 62.3. The lowest BCUT2D eigenvalue weighted by molar-refractivity contribution is -0.153. The molecule has 4 nitrogen and oxygen atoms in total. The van der Waals surface area contributed by atoms with E-state index in [0.29, 0.717) is 0 Å². The first-order chi connectivity index (χ1) is 7.59. The molecular formula is C8H7ClF3NO3S. The van der Waals surface area contributed by atoms with Crippen LogP contribution in [0.25, 0.3) is 0 Å². The summed E-state index contributed by atoms with van der Waals surface area (Å²) in [6.07, 6.45) is -4.57. The fourth-order valence-corrected chi connectivity index (χ4v) is 1.92. The van der Waals surface area contributed by atoms with E-state index in [4.69, 9.17) is 16.7 Å². The quantitative estimate of drug-likeness (QED) is 0.924. The fourth-order valence-electron chi connectivity index (χ4n) is 0.983. The van der Waals surface area contributed by atoms with Gasteiger partial charge in [-0.15, -0.1) is 0 Å². The first-order valence-corrected chi connectivity index (χ1v) is 6.04. The number of nitrogens with two attached hydrogens (primary N) is 1. The van der Waals surface area contributed by atoms with Crippen LogP contribution in [0.2, 0.25) is 5.02 Å². The summed E-state index contributed by atoms with van der Waals surface area (Å²) >= 11 is 5.52. The van der Waals surface area contributed by atoms with Crippen LogP contribution < -0.4 is 9.88 Å². The highest BCUT2D eigenvalue weighted by atomic mass is 35.5. The zero-order chi connectivity index (χ0) is 13.3. The highest BCUT2D eigenvalue weighted by Crippen LogP contribution is 2.27. The lowest BCUT2D eigenvalue weighted by atomic mass is 10.3. The summed E-state index contributed by atoms with van der Waals surface area (Å²) in [5.74, 6) is -0.491. The molecule has 0 unspecified atom stereocenters. The van der Waals surface area contributed by atoms with Crippen LogP contribution in [0.5, 0.6) is 5.75 Å². The maximum Gasteiger partial charge on any atom is 0.422 e. The second-order valence-electron chi connectivity index (χ2n) is 3.04. The SMILES string of the molecule is NS(=O)(=O)c1cc(Cl)ccc1OCC(F)(F)F. The highest BCUT2D eigenvalue weighted by Gasteiger charge is 2.29. The predicted molar refractivity (Wildman–Crippen MR) is 54.4 cm³/mol. The van der Waals surface area contributed by atoms with Crippen LogP contribution in [-0.4, -0.2) is 21.2 Å². The number of ether oxygens (including phenoxy) is 1. The number of benzene rings is 1. The third kappa shape index (κ3) is 4.41. The van der Waals surface area contributed by atoms with Gasteiger partial charge in [0.15, 0.2) is 6.61 Å². The molecule has 0 amide bonds. The zero-order valence-corrected chi connectivity index (χ0v) is 9.73. The van der Waals surface area contributed by atoms with Gasteiger partial charge in [0.1, 0.15) is 10.6 Å². The number of hydrogen-bond acceptors (Lipinski definition) is 3. The van der Waals surface area contributed by atoms with Crippen LogP contribution >= 0.6 is 11.6 Å². The van der Waals surface area contributed by atoms with Crippen LogP contribution in [0.1, 0.15) is 0 Å². The van der Waals surface area contributed by atoms with Gasteiger partial charge in [0.05, 0.1) is 0 Å². The second kappa shape index (κ2) is 4.71. The minimum Gasteiger partial charge on any atom is -0.483 e. The van der Waals surface area contributed by atoms with E-state index >= 15 is 0 Å². The lowest BCUT2D eigenvalue weighted by Gasteiger charge is -2.12. The molecule has 0 spiro atoms. The van der Waals surface area contributed by atoms with Crippen LogP contribution in [-0.2, 0) is 10.0 Å². The largest absolute Gasteiger partial charge is 0.483 e. The van der Waals surface area contributed by atoms with Crippen LogP contribution in [0.3, 0.4) is 0 Å². The van der Waals surface area contributed by atoms with E-state index < -0.39 is 33.5 Å². The Hall–Kier alpha value is -0.990. The molecule has 1 aromatic rings. The Morgan fingerprint density at radius 3 is 2.41 bits per heavy atom. The van der Waals surface area contributed by atoms with Gasteiger partial charge in [-0.1, -0.05) is 11.6 Å². The highest BCUT2D eigenvalue weighted by molar-refractivity contribution is 7.89. The van der Waals surface area contributed by atoms with E-state index in [1.54, 1.807) is 0 Å². The standard InChI is InChI=1S/C8H7ClF3NO3S/c9-5-1-2-6(16-4-8(10,11)12)7(3-5)17(13,14)15/h1-3H,4H2,(H2,13,14,15). The number of primary sulfonamides is 1. The molecule has 0 aromatic heterocycles. The molecule has 0 radical (unpaired) electrons. The van der Waals surface area contributed by atoms with E-state index in [2.05, 4.69) is 4.74 Å². The molecule has 0 fully saturated rings. The summed E-state index contributed by atoms with van der Waals surface area (Å²) in [6, 6.07) is 3.12. The number of rotatable bonds is 3. The van der Waals surface area contributed by atoms with Crippen molar-refractivity contribution in [1.29, 1.82) is 0 Å². The second-order valence-corrected chi connectivity index (χ2v) is 5.01. The van der Waals surface area contributed by atoms with Gasteiger partial charge in [-0.2, -0.15) is 13.2 Å². The molecule has 0 heterocycles. The molecule has 2 N–H and O–H groups in total. The number of sulfonamides is 1. The Bertz CT molecular complexity index is 515. The molecule has 0 aliphatic rings. The Morgan fingerprint density at radius 1 is 1.35 bits per heavy atom. The van der Waals surface area contributed by atoms with Crippen molar-refractivity contribution in [3.8, 4) is 5.75 Å². The van der Waals surface area contributed by atoms with Gasteiger partial charge in [0.2, 0.25) is 10.0 Å². The van der Waals surface area contributed by atoms with Crippen molar-refractivity contribution < 1.29 is 26.3 Å². The molecule has 1 rings (SSSR count). The Kier molecular flexibility index (Phi) is 3.90. The molecule has 0 atom stereocenters. The summed E-state index contributed by atoms with van der Waals surface area (Å²) in [6.45, 7) is -1.61. The molecule has 9 heteroatoms. The molecular weight excluding hydrogens is 283 g/mol. The molecule has 0 aliphatic carbocycles. The first-order valence-electron chi connectivity index (χ1n) is 4.11. The third-order valence-corrected chi connectivity index (χ3v) is 2.77. The lowest BCUT2D eigenvalue weighted by Crippen LogP contribution is -2.21. The van der Waals surface area contributed by atoms with Gasteiger partial charge in [0, 0.05) is 5.02 Å².